The zero-order valence-corrected chi connectivity index (χ0v) is 14.7. The minimum atomic E-state index is -0.142. The summed E-state index contributed by atoms with van der Waals surface area (Å²) in [5, 5.41) is 0. The van der Waals surface area contributed by atoms with E-state index in [9.17, 15) is 0 Å². The van der Waals surface area contributed by atoms with Crippen LogP contribution in [0.5, 0.6) is 0 Å². The zero-order chi connectivity index (χ0) is 11.6. The standard InChI is InChI=1S/C15H19O.2ClH.Ti/c1-12-8-9-15(16-3,13(2)10-12)11-14-6-4-5-7-14;;;/h4,6,8,10H,5,9,11H2,1-3H3;2*1H;/q-1;;;+3/p-2. The number of hydrogen-bond donors (Lipinski definition) is 0. The molecule has 0 saturated carbocycles. The van der Waals surface area contributed by atoms with E-state index in [0.29, 0.717) is 0 Å². The molecule has 0 amide bonds. The summed E-state index contributed by atoms with van der Waals surface area (Å²) in [6.07, 6.45) is 15.0. The molecule has 0 saturated heterocycles. The number of hydrogen-bond acceptors (Lipinski definition) is 1. The molecule has 0 aromatic rings. The molecule has 0 N–H and O–H groups in total. The number of ether oxygens (including phenoxy) is 1. The van der Waals surface area contributed by atoms with Gasteiger partial charge in [0.2, 0.25) is 0 Å². The van der Waals surface area contributed by atoms with Crippen molar-refractivity contribution in [3.8, 4) is 0 Å². The molecule has 0 bridgehead atoms. The van der Waals surface area contributed by atoms with Crippen molar-refractivity contribution in [1.29, 1.82) is 0 Å². The van der Waals surface area contributed by atoms with E-state index < -0.39 is 0 Å². The molecular formula is C15H19Cl2OTi. The summed E-state index contributed by atoms with van der Waals surface area (Å²) < 4.78 is 5.79. The van der Waals surface area contributed by atoms with E-state index in [1.807, 2.05) is 7.11 Å². The smallest absolute Gasteiger partial charge is 1.00 e. The average molecular weight is 334 g/mol. The van der Waals surface area contributed by atoms with Crippen LogP contribution in [0.3, 0.4) is 0 Å². The van der Waals surface area contributed by atoms with Crippen molar-refractivity contribution >= 4 is 0 Å². The minimum absolute atomic E-state index is 0. The largest absolute Gasteiger partial charge is 3.00 e. The van der Waals surface area contributed by atoms with E-state index in [0.717, 1.165) is 19.3 Å². The molecular weight excluding hydrogens is 315 g/mol. The second-order valence-corrected chi connectivity index (χ2v) is 4.66. The average Bonchev–Trinajstić information content (AvgIpc) is 2.75. The normalized spacial score (nSPS) is 24.3. The summed E-state index contributed by atoms with van der Waals surface area (Å²) >= 11 is 0. The van der Waals surface area contributed by atoms with Crippen LogP contribution in [0, 0.1) is 6.08 Å². The summed E-state index contributed by atoms with van der Waals surface area (Å²) in [4.78, 5) is 0. The molecule has 0 heterocycles. The number of allylic oxidation sites excluding steroid dienone is 5. The van der Waals surface area contributed by atoms with Gasteiger partial charge in [0, 0.05) is 7.11 Å². The molecule has 0 aromatic heterocycles. The second kappa shape index (κ2) is 9.21. The van der Waals surface area contributed by atoms with Crippen molar-refractivity contribution in [2.45, 2.75) is 38.7 Å². The van der Waals surface area contributed by atoms with Gasteiger partial charge in [-0.05, 0) is 32.3 Å². The Morgan fingerprint density at radius 1 is 1.32 bits per heavy atom. The molecule has 103 valence electrons. The van der Waals surface area contributed by atoms with E-state index in [4.69, 9.17) is 4.74 Å². The molecule has 1 atom stereocenters. The number of methoxy groups -OCH3 is 1. The van der Waals surface area contributed by atoms with Gasteiger partial charge in [-0.15, -0.1) is 6.42 Å². The van der Waals surface area contributed by atoms with Crippen molar-refractivity contribution in [3.05, 3.63) is 47.1 Å². The maximum Gasteiger partial charge on any atom is 3.00 e. The van der Waals surface area contributed by atoms with Gasteiger partial charge in [0.15, 0.2) is 0 Å². The van der Waals surface area contributed by atoms with Crippen LogP contribution in [0.2, 0.25) is 0 Å². The quantitative estimate of drug-likeness (QED) is 0.419. The first kappa shape index (κ1) is 21.5. The fourth-order valence-electron chi connectivity index (χ4n) is 2.43. The van der Waals surface area contributed by atoms with Crippen molar-refractivity contribution in [2.75, 3.05) is 7.11 Å². The molecule has 2 aliphatic carbocycles. The summed E-state index contributed by atoms with van der Waals surface area (Å²) in [6, 6.07) is 0. The first-order valence-corrected chi connectivity index (χ1v) is 5.83. The summed E-state index contributed by atoms with van der Waals surface area (Å²) in [7, 11) is 1.81. The Morgan fingerprint density at radius 3 is 2.47 bits per heavy atom. The third kappa shape index (κ3) is 4.91. The Morgan fingerprint density at radius 2 is 2.00 bits per heavy atom. The monoisotopic (exact) mass is 333 g/mol. The third-order valence-electron chi connectivity index (χ3n) is 3.55. The molecule has 1 nitrogen and oxygen atoms in total. The van der Waals surface area contributed by atoms with Crippen molar-refractivity contribution in [3.63, 3.8) is 0 Å². The maximum atomic E-state index is 5.79. The predicted molar refractivity (Wildman–Crippen MR) is 67.0 cm³/mol. The molecule has 4 heteroatoms. The van der Waals surface area contributed by atoms with Crippen molar-refractivity contribution in [2.24, 2.45) is 0 Å². The SMILES string of the molecule is COC1(CC2=[C-]CC=C2)CC=C(C)C=C1C.[Cl-].[Cl-].[Ti+3]. The van der Waals surface area contributed by atoms with Gasteiger partial charge in [-0.1, -0.05) is 17.7 Å². The van der Waals surface area contributed by atoms with Crippen LogP contribution in [0.1, 0.15) is 33.1 Å². The van der Waals surface area contributed by atoms with Crippen LogP contribution in [0.25, 0.3) is 0 Å². The van der Waals surface area contributed by atoms with Gasteiger partial charge in [-0.2, -0.15) is 6.08 Å². The van der Waals surface area contributed by atoms with E-state index in [1.54, 1.807) is 0 Å². The fraction of sp³-hybridized carbons (Fsp3) is 0.467. The van der Waals surface area contributed by atoms with Crippen LogP contribution >= 0.6 is 0 Å². The van der Waals surface area contributed by atoms with Crippen LogP contribution in [-0.2, 0) is 26.5 Å². The first-order chi connectivity index (χ1) is 7.66. The Balaban J connectivity index is 0. The van der Waals surface area contributed by atoms with E-state index in [2.05, 4.69) is 44.2 Å². The molecule has 2 aliphatic rings. The summed E-state index contributed by atoms with van der Waals surface area (Å²) in [6.45, 7) is 4.31. The summed E-state index contributed by atoms with van der Waals surface area (Å²) in [5.41, 5.74) is 3.80. The molecule has 0 fully saturated rings. The third-order valence-corrected chi connectivity index (χ3v) is 3.55. The number of rotatable bonds is 3. The van der Waals surface area contributed by atoms with Gasteiger partial charge >= 0.3 is 21.7 Å². The summed E-state index contributed by atoms with van der Waals surface area (Å²) in [5.74, 6) is 0. The molecule has 0 spiro atoms. The zero-order valence-electron chi connectivity index (χ0n) is 11.6. The van der Waals surface area contributed by atoms with Gasteiger partial charge in [0.25, 0.3) is 0 Å². The van der Waals surface area contributed by atoms with E-state index in [-0.39, 0.29) is 52.1 Å². The Bertz CT molecular complexity index is 410. The van der Waals surface area contributed by atoms with Crippen molar-refractivity contribution < 1.29 is 51.3 Å². The molecule has 1 radical (unpaired) electrons. The van der Waals surface area contributed by atoms with Gasteiger partial charge < -0.3 is 29.6 Å². The predicted octanol–water partition coefficient (Wildman–Crippen LogP) is -2.25. The Labute approximate surface area is 144 Å². The molecule has 2 rings (SSSR count). The van der Waals surface area contributed by atoms with Gasteiger partial charge in [-0.25, -0.2) is 11.6 Å². The first-order valence-electron chi connectivity index (χ1n) is 5.83. The Hall–Kier alpha value is 0.214. The van der Waals surface area contributed by atoms with E-state index in [1.165, 1.54) is 16.7 Å². The van der Waals surface area contributed by atoms with Gasteiger partial charge in [-0.3, -0.25) is 6.08 Å². The number of halogens is 2. The topological polar surface area (TPSA) is 9.23 Å². The van der Waals surface area contributed by atoms with Crippen LogP contribution in [0.4, 0.5) is 0 Å². The van der Waals surface area contributed by atoms with Crippen LogP contribution in [0.15, 0.2) is 41.0 Å². The van der Waals surface area contributed by atoms with Gasteiger partial charge in [0.05, 0.1) is 5.60 Å². The van der Waals surface area contributed by atoms with Gasteiger partial charge in [0.1, 0.15) is 0 Å². The van der Waals surface area contributed by atoms with Crippen molar-refractivity contribution in [1.82, 2.24) is 0 Å². The molecule has 1 unspecified atom stereocenters. The van der Waals surface area contributed by atoms with Crippen LogP contribution in [-0.4, -0.2) is 12.7 Å². The molecule has 0 aromatic carbocycles. The minimum Gasteiger partial charge on any atom is -1.00 e. The van der Waals surface area contributed by atoms with E-state index >= 15 is 0 Å². The second-order valence-electron chi connectivity index (χ2n) is 4.66. The fourth-order valence-corrected chi connectivity index (χ4v) is 2.43. The molecule has 19 heavy (non-hydrogen) atoms. The maximum absolute atomic E-state index is 5.79. The Kier molecular flexibility index (Phi) is 10.4. The molecule has 0 aliphatic heterocycles. The van der Waals surface area contributed by atoms with Crippen LogP contribution < -0.4 is 24.8 Å².